The summed E-state index contributed by atoms with van der Waals surface area (Å²) in [5.74, 6) is 2.10. The highest BCUT2D eigenvalue weighted by Gasteiger charge is 2.26. The van der Waals surface area contributed by atoms with Crippen LogP contribution in [0.25, 0.3) is 0 Å². The van der Waals surface area contributed by atoms with Gasteiger partial charge < -0.3 is 1.43 Å². The van der Waals surface area contributed by atoms with Crippen LogP contribution in [-0.4, -0.2) is 0 Å². The Morgan fingerprint density at radius 1 is 1.40 bits per heavy atom. The van der Waals surface area contributed by atoms with Gasteiger partial charge in [-0.05, 0) is 18.3 Å². The minimum absolute atomic E-state index is 0. The lowest BCUT2D eigenvalue weighted by molar-refractivity contribution is 0.834. The van der Waals surface area contributed by atoms with Gasteiger partial charge >= 0.3 is 0 Å². The molecule has 1 saturated carbocycles. The van der Waals surface area contributed by atoms with Crippen molar-refractivity contribution in [1.29, 1.82) is 0 Å². The summed E-state index contributed by atoms with van der Waals surface area (Å²) in [7, 11) is 0. The predicted octanol–water partition coefficient (Wildman–Crippen LogP) is 1.77. The predicted molar refractivity (Wildman–Crippen MR) is 24.1 cm³/mol. The van der Waals surface area contributed by atoms with Gasteiger partial charge in [0.2, 0.25) is 0 Å². The van der Waals surface area contributed by atoms with Gasteiger partial charge in [0.25, 0.3) is 0 Å². The van der Waals surface area contributed by atoms with Gasteiger partial charge in [-0.1, -0.05) is 13.8 Å². The Kier molecular flexibility index (Phi) is 0.470. The minimum atomic E-state index is 0. The summed E-state index contributed by atoms with van der Waals surface area (Å²) >= 11 is 0. The molecule has 0 aromatic heterocycles. The van der Waals surface area contributed by atoms with Crippen molar-refractivity contribution in [3.63, 3.8) is 0 Å². The van der Waals surface area contributed by atoms with Crippen LogP contribution >= 0.6 is 0 Å². The SMILES string of the molecule is CC1CC1C.[3H-]. The summed E-state index contributed by atoms with van der Waals surface area (Å²) in [6.07, 6.45) is 1.47. The van der Waals surface area contributed by atoms with E-state index in [-0.39, 0.29) is 1.43 Å². The van der Waals surface area contributed by atoms with Crippen LogP contribution in [0.15, 0.2) is 0 Å². The summed E-state index contributed by atoms with van der Waals surface area (Å²) in [6.45, 7) is 4.59. The van der Waals surface area contributed by atoms with Crippen molar-refractivity contribution < 1.29 is 1.43 Å². The molecular weight excluding hydrogens is 60.1 g/mol. The maximum atomic E-state index is 2.30. The maximum Gasteiger partial charge on any atom is -0.0414 e. The summed E-state index contributed by atoms with van der Waals surface area (Å²) in [6, 6.07) is 0. The average Bonchev–Trinajstić information content (AvgIpc) is 1.79. The molecule has 32 valence electrons. The van der Waals surface area contributed by atoms with Crippen molar-refractivity contribution in [3.05, 3.63) is 0 Å². The third-order valence-electron chi connectivity index (χ3n) is 1.51. The van der Waals surface area contributed by atoms with Crippen LogP contribution in [0.4, 0.5) is 0 Å². The van der Waals surface area contributed by atoms with E-state index in [4.69, 9.17) is 0 Å². The van der Waals surface area contributed by atoms with E-state index in [9.17, 15) is 0 Å². The number of hydrogen-bond donors (Lipinski definition) is 0. The zero-order chi connectivity index (χ0) is 3.86. The van der Waals surface area contributed by atoms with Crippen LogP contribution in [-0.2, 0) is 0 Å². The largest absolute Gasteiger partial charge is 1.00 e. The third-order valence-corrected chi connectivity index (χ3v) is 1.51. The third kappa shape index (κ3) is 0.444. The van der Waals surface area contributed by atoms with E-state index in [0.29, 0.717) is 0 Å². The van der Waals surface area contributed by atoms with Crippen LogP contribution in [0, 0.1) is 11.8 Å². The van der Waals surface area contributed by atoms with Gasteiger partial charge in [0.15, 0.2) is 0 Å². The van der Waals surface area contributed by atoms with Gasteiger partial charge in [0.05, 0.1) is 0 Å². The normalized spacial score (nSPS) is 49.2. The highest BCUT2D eigenvalue weighted by Crippen LogP contribution is 2.36. The van der Waals surface area contributed by atoms with Crippen molar-refractivity contribution in [2.24, 2.45) is 11.8 Å². The quantitative estimate of drug-likeness (QED) is 0.410. The van der Waals surface area contributed by atoms with Crippen molar-refractivity contribution in [2.75, 3.05) is 0 Å². The lowest BCUT2D eigenvalue weighted by atomic mass is 10.4. The van der Waals surface area contributed by atoms with Gasteiger partial charge in [0.1, 0.15) is 0 Å². The molecule has 1 aliphatic rings. The van der Waals surface area contributed by atoms with Gasteiger partial charge in [-0.3, -0.25) is 0 Å². The molecule has 2 atom stereocenters. The molecule has 0 aromatic rings. The van der Waals surface area contributed by atoms with Crippen molar-refractivity contribution in [3.8, 4) is 0 Å². The topological polar surface area (TPSA) is 0 Å². The summed E-state index contributed by atoms with van der Waals surface area (Å²) in [4.78, 5) is 0. The van der Waals surface area contributed by atoms with Crippen LogP contribution in [0.5, 0.6) is 0 Å². The van der Waals surface area contributed by atoms with Gasteiger partial charge in [0, 0.05) is 0 Å². The fourth-order valence-corrected chi connectivity index (χ4v) is 0.508. The number of rotatable bonds is 0. The summed E-state index contributed by atoms with van der Waals surface area (Å²) in [5.41, 5.74) is 0. The Hall–Kier alpha value is 0. The zero-order valence-corrected chi connectivity index (χ0v) is 3.86. The van der Waals surface area contributed by atoms with Crippen LogP contribution in [0.3, 0.4) is 0 Å². The Morgan fingerprint density at radius 2 is 1.60 bits per heavy atom. The van der Waals surface area contributed by atoms with Crippen LogP contribution < -0.4 is 0 Å². The molecule has 0 heteroatoms. The molecule has 0 spiro atoms. The second kappa shape index (κ2) is 0.735. The zero-order valence-electron chi connectivity index (χ0n) is 4.86. The first-order valence-electron chi connectivity index (χ1n) is 2.30. The van der Waals surface area contributed by atoms with Gasteiger partial charge in [-0.2, -0.15) is 0 Å². The molecule has 1 fully saturated rings. The van der Waals surface area contributed by atoms with Crippen LogP contribution in [0.2, 0.25) is 0 Å². The van der Waals surface area contributed by atoms with E-state index in [2.05, 4.69) is 13.8 Å². The van der Waals surface area contributed by atoms with E-state index in [1.54, 1.807) is 0 Å². The molecule has 2 unspecified atom stereocenters. The lowest BCUT2D eigenvalue weighted by Gasteiger charge is -1.66. The molecule has 0 bridgehead atoms. The lowest BCUT2D eigenvalue weighted by Crippen LogP contribution is -1.58. The highest BCUT2D eigenvalue weighted by atomic mass is 14.3. The molecule has 0 amide bonds. The molecule has 1 aliphatic carbocycles. The van der Waals surface area contributed by atoms with E-state index < -0.39 is 0 Å². The Labute approximate surface area is 34.7 Å². The molecular formula is C5H11-. The first-order valence-corrected chi connectivity index (χ1v) is 2.30. The first kappa shape index (κ1) is 3.20. The van der Waals surface area contributed by atoms with Gasteiger partial charge in [-0.25, -0.2) is 0 Å². The molecule has 5 heavy (non-hydrogen) atoms. The molecule has 0 heterocycles. The summed E-state index contributed by atoms with van der Waals surface area (Å²) < 4.78 is 0. The first-order chi connectivity index (χ1) is 2.30. The molecule has 0 aromatic carbocycles. The summed E-state index contributed by atoms with van der Waals surface area (Å²) in [5, 5.41) is 0. The highest BCUT2D eigenvalue weighted by molar-refractivity contribution is 4.76. The van der Waals surface area contributed by atoms with E-state index >= 15 is 0 Å². The second-order valence-corrected chi connectivity index (χ2v) is 2.19. The Bertz CT molecular complexity index is 37.2. The Balaban J connectivity index is 0.000000250. The molecule has 0 nitrogen and oxygen atoms in total. The molecule has 1 rings (SSSR count). The smallest absolute Gasteiger partial charge is 0.0414 e. The van der Waals surface area contributed by atoms with Crippen molar-refractivity contribution in [2.45, 2.75) is 20.3 Å². The van der Waals surface area contributed by atoms with Crippen LogP contribution in [0.1, 0.15) is 21.7 Å². The minimum Gasteiger partial charge on any atom is -1.00 e. The number of hydrogen-bond acceptors (Lipinski definition) is 0. The fraction of sp³-hybridized carbons (Fsp3) is 1.00. The van der Waals surface area contributed by atoms with Gasteiger partial charge in [-0.15, -0.1) is 0 Å². The molecule has 0 saturated heterocycles. The average molecular weight is 73.2 g/mol. The van der Waals surface area contributed by atoms with E-state index in [1.165, 1.54) is 6.42 Å². The molecule has 0 N–H and O–H groups in total. The maximum absolute atomic E-state index is 2.30. The molecule has 0 radical (unpaired) electrons. The Morgan fingerprint density at radius 3 is 1.60 bits per heavy atom. The van der Waals surface area contributed by atoms with Crippen molar-refractivity contribution in [1.82, 2.24) is 0 Å². The van der Waals surface area contributed by atoms with E-state index in [0.717, 1.165) is 11.8 Å². The van der Waals surface area contributed by atoms with Crippen molar-refractivity contribution >= 4 is 0 Å². The van der Waals surface area contributed by atoms with E-state index in [1.807, 2.05) is 0 Å². The standard InChI is InChI=1S/C5H10.H/c1-4-3-5(4)2;/h4-5H,3H2,1-2H3;/q;-1/i;1+2. The monoisotopic (exact) mass is 73.1 g/mol. The fourth-order valence-electron chi connectivity index (χ4n) is 0.508. The second-order valence-electron chi connectivity index (χ2n) is 2.19. The molecule has 0 aliphatic heterocycles.